The van der Waals surface area contributed by atoms with E-state index in [9.17, 15) is 17.6 Å². The van der Waals surface area contributed by atoms with Crippen LogP contribution in [0.25, 0.3) is 11.3 Å². The standard InChI is InChI=1S/C21H23FN4O4S2/c1-12-19(13(2)30-25-12)32(28,29)26-10-4-5-16(11-26)20(27)24-21-23-18(14(3)31-21)15-6-8-17(22)9-7-15/h6-9,16H,4-5,10-11H2,1-3H3,(H,23,24,27). The quantitative estimate of drug-likeness (QED) is 0.596. The summed E-state index contributed by atoms with van der Waals surface area (Å²) >= 11 is 1.32. The summed E-state index contributed by atoms with van der Waals surface area (Å²) in [6, 6.07) is 6.01. The van der Waals surface area contributed by atoms with E-state index in [0.717, 1.165) is 10.4 Å². The molecular weight excluding hydrogens is 455 g/mol. The lowest BCUT2D eigenvalue weighted by molar-refractivity contribution is -0.120. The Balaban J connectivity index is 1.49. The maximum atomic E-state index is 13.2. The lowest BCUT2D eigenvalue weighted by Gasteiger charge is -2.30. The SMILES string of the molecule is Cc1noc(C)c1S(=O)(=O)N1CCCC(C(=O)Nc2nc(-c3ccc(F)cc3)c(C)s2)C1. The van der Waals surface area contributed by atoms with Crippen molar-refractivity contribution >= 4 is 32.4 Å². The van der Waals surface area contributed by atoms with E-state index in [1.165, 1.54) is 27.8 Å². The predicted octanol–water partition coefficient (Wildman–Crippen LogP) is 3.90. The molecule has 0 aliphatic carbocycles. The van der Waals surface area contributed by atoms with Crippen LogP contribution in [0.2, 0.25) is 0 Å². The molecule has 1 aliphatic heterocycles. The number of sulfonamides is 1. The van der Waals surface area contributed by atoms with E-state index in [1.54, 1.807) is 26.0 Å². The number of rotatable bonds is 5. The van der Waals surface area contributed by atoms with Crippen molar-refractivity contribution in [2.45, 2.75) is 38.5 Å². The molecule has 2 aromatic heterocycles. The zero-order valence-electron chi connectivity index (χ0n) is 17.9. The first-order valence-electron chi connectivity index (χ1n) is 10.1. The van der Waals surface area contributed by atoms with Crippen molar-refractivity contribution in [3.05, 3.63) is 46.4 Å². The number of anilines is 1. The molecule has 1 aliphatic rings. The molecule has 170 valence electrons. The average Bonchev–Trinajstić information content (AvgIpc) is 3.30. The van der Waals surface area contributed by atoms with E-state index < -0.39 is 15.9 Å². The van der Waals surface area contributed by atoms with Gasteiger partial charge in [-0.25, -0.2) is 17.8 Å². The summed E-state index contributed by atoms with van der Waals surface area (Å²) in [5.41, 5.74) is 1.74. The minimum atomic E-state index is -3.81. The molecule has 8 nitrogen and oxygen atoms in total. The summed E-state index contributed by atoms with van der Waals surface area (Å²) in [4.78, 5) is 18.4. The number of aryl methyl sites for hydroxylation is 3. The number of nitrogens with one attached hydrogen (secondary N) is 1. The topological polar surface area (TPSA) is 105 Å². The summed E-state index contributed by atoms with van der Waals surface area (Å²) in [7, 11) is -3.81. The second-order valence-corrected chi connectivity index (χ2v) is 10.9. The van der Waals surface area contributed by atoms with Crippen LogP contribution in [0.1, 0.15) is 29.2 Å². The maximum absolute atomic E-state index is 13.2. The second kappa shape index (κ2) is 8.72. The number of piperidine rings is 1. The van der Waals surface area contributed by atoms with Crippen LogP contribution in [-0.2, 0) is 14.8 Å². The monoisotopic (exact) mass is 478 g/mol. The van der Waals surface area contributed by atoms with Crippen LogP contribution in [0, 0.1) is 32.5 Å². The Labute approximate surface area is 189 Å². The van der Waals surface area contributed by atoms with Crippen LogP contribution < -0.4 is 5.32 Å². The van der Waals surface area contributed by atoms with Gasteiger partial charge in [-0.3, -0.25) is 4.79 Å². The van der Waals surface area contributed by atoms with Crippen molar-refractivity contribution in [1.29, 1.82) is 0 Å². The molecule has 1 unspecified atom stereocenters. The number of aromatic nitrogens is 2. The van der Waals surface area contributed by atoms with Gasteiger partial charge < -0.3 is 9.84 Å². The molecule has 1 fully saturated rings. The number of halogens is 1. The molecule has 1 aromatic carbocycles. The molecule has 1 saturated heterocycles. The molecule has 1 N–H and O–H groups in total. The number of hydrogen-bond donors (Lipinski definition) is 1. The van der Waals surface area contributed by atoms with E-state index in [2.05, 4.69) is 15.5 Å². The highest BCUT2D eigenvalue weighted by Gasteiger charge is 2.36. The Morgan fingerprint density at radius 3 is 2.62 bits per heavy atom. The third-order valence-electron chi connectivity index (χ3n) is 5.47. The van der Waals surface area contributed by atoms with Crippen molar-refractivity contribution in [2.75, 3.05) is 18.4 Å². The van der Waals surface area contributed by atoms with Gasteiger partial charge in [-0.2, -0.15) is 4.31 Å². The Morgan fingerprint density at radius 1 is 1.25 bits per heavy atom. The van der Waals surface area contributed by atoms with E-state index in [1.807, 2.05) is 6.92 Å². The Kier molecular flexibility index (Phi) is 6.15. The lowest BCUT2D eigenvalue weighted by Crippen LogP contribution is -2.43. The molecule has 32 heavy (non-hydrogen) atoms. The normalized spacial score (nSPS) is 17.4. The molecule has 0 spiro atoms. The summed E-state index contributed by atoms with van der Waals surface area (Å²) in [5.74, 6) is -0.871. The highest BCUT2D eigenvalue weighted by Crippen LogP contribution is 2.32. The molecule has 1 atom stereocenters. The highest BCUT2D eigenvalue weighted by molar-refractivity contribution is 7.89. The summed E-state index contributed by atoms with van der Waals surface area (Å²) in [5, 5.41) is 6.99. The number of nitrogens with zero attached hydrogens (tertiary/aromatic N) is 3. The van der Waals surface area contributed by atoms with Gasteiger partial charge in [0.15, 0.2) is 10.9 Å². The number of carbonyl (C=O) groups is 1. The van der Waals surface area contributed by atoms with Gasteiger partial charge in [-0.05, 0) is 57.9 Å². The second-order valence-electron chi connectivity index (χ2n) is 7.78. The van der Waals surface area contributed by atoms with Crippen LogP contribution in [0.4, 0.5) is 9.52 Å². The molecule has 11 heteroatoms. The predicted molar refractivity (Wildman–Crippen MR) is 118 cm³/mol. The first kappa shape index (κ1) is 22.6. The zero-order chi connectivity index (χ0) is 23.0. The molecule has 0 radical (unpaired) electrons. The Morgan fingerprint density at radius 2 is 1.97 bits per heavy atom. The third-order valence-corrected chi connectivity index (χ3v) is 8.46. The van der Waals surface area contributed by atoms with E-state index >= 15 is 0 Å². The fraction of sp³-hybridized carbons (Fsp3) is 0.381. The van der Waals surface area contributed by atoms with Gasteiger partial charge in [0.1, 0.15) is 16.4 Å². The van der Waals surface area contributed by atoms with Gasteiger partial charge in [0, 0.05) is 23.5 Å². The van der Waals surface area contributed by atoms with Crippen LogP contribution in [0.3, 0.4) is 0 Å². The average molecular weight is 479 g/mol. The van der Waals surface area contributed by atoms with Gasteiger partial charge in [0.25, 0.3) is 0 Å². The number of amides is 1. The van der Waals surface area contributed by atoms with Crippen molar-refractivity contribution < 1.29 is 22.1 Å². The van der Waals surface area contributed by atoms with Crippen molar-refractivity contribution in [1.82, 2.24) is 14.4 Å². The van der Waals surface area contributed by atoms with Gasteiger partial charge in [0.2, 0.25) is 15.9 Å². The molecule has 0 saturated carbocycles. The van der Waals surface area contributed by atoms with Crippen molar-refractivity contribution in [3.8, 4) is 11.3 Å². The molecule has 4 rings (SSSR count). The van der Waals surface area contributed by atoms with Crippen LogP contribution in [0.15, 0.2) is 33.7 Å². The van der Waals surface area contributed by atoms with E-state index in [0.29, 0.717) is 35.9 Å². The number of benzene rings is 1. The Hall–Kier alpha value is -2.63. The minimum Gasteiger partial charge on any atom is -0.360 e. The molecule has 0 bridgehead atoms. The Bertz CT molecular complexity index is 1230. The summed E-state index contributed by atoms with van der Waals surface area (Å²) < 4.78 is 45.8. The summed E-state index contributed by atoms with van der Waals surface area (Å²) in [6.07, 6.45) is 1.15. The largest absolute Gasteiger partial charge is 0.360 e. The van der Waals surface area contributed by atoms with E-state index in [-0.39, 0.29) is 28.9 Å². The molecule has 3 heterocycles. The van der Waals surface area contributed by atoms with Gasteiger partial charge in [-0.1, -0.05) is 5.16 Å². The molecular formula is C21H23FN4O4S2. The first-order valence-corrected chi connectivity index (χ1v) is 12.4. The lowest BCUT2D eigenvalue weighted by atomic mass is 9.99. The first-order chi connectivity index (χ1) is 15.2. The van der Waals surface area contributed by atoms with Gasteiger partial charge in [-0.15, -0.1) is 11.3 Å². The number of carbonyl (C=O) groups excluding carboxylic acids is 1. The van der Waals surface area contributed by atoms with Gasteiger partial charge >= 0.3 is 0 Å². The van der Waals surface area contributed by atoms with Crippen molar-refractivity contribution in [3.63, 3.8) is 0 Å². The fourth-order valence-corrected chi connectivity index (χ4v) is 6.53. The third kappa shape index (κ3) is 4.32. The van der Waals surface area contributed by atoms with Crippen molar-refractivity contribution in [2.24, 2.45) is 5.92 Å². The highest BCUT2D eigenvalue weighted by atomic mass is 32.2. The smallest absolute Gasteiger partial charge is 0.248 e. The number of thiazole rings is 1. The minimum absolute atomic E-state index is 0.0676. The fourth-order valence-electron chi connectivity index (χ4n) is 3.88. The zero-order valence-corrected chi connectivity index (χ0v) is 19.5. The van der Waals surface area contributed by atoms with Crippen LogP contribution >= 0.6 is 11.3 Å². The molecule has 3 aromatic rings. The molecule has 1 amide bonds. The number of hydrogen-bond acceptors (Lipinski definition) is 7. The van der Waals surface area contributed by atoms with Crippen LogP contribution in [0.5, 0.6) is 0 Å². The van der Waals surface area contributed by atoms with E-state index in [4.69, 9.17) is 4.52 Å². The van der Waals surface area contributed by atoms with Crippen LogP contribution in [-0.4, -0.2) is 41.9 Å². The van der Waals surface area contributed by atoms with Gasteiger partial charge in [0.05, 0.1) is 11.6 Å². The maximum Gasteiger partial charge on any atom is 0.248 e. The summed E-state index contributed by atoms with van der Waals surface area (Å²) in [6.45, 7) is 5.44.